The first-order chi connectivity index (χ1) is 18.1. The van der Waals surface area contributed by atoms with E-state index in [-0.39, 0.29) is 17.5 Å². The van der Waals surface area contributed by atoms with Gasteiger partial charge in [-0.3, -0.25) is 9.78 Å². The summed E-state index contributed by atoms with van der Waals surface area (Å²) in [4.78, 5) is 33.9. The van der Waals surface area contributed by atoms with Crippen molar-refractivity contribution in [2.75, 3.05) is 5.32 Å². The largest absolute Gasteiger partial charge is 0.478 e. The van der Waals surface area contributed by atoms with Gasteiger partial charge in [0.15, 0.2) is 0 Å². The Hall–Kier alpha value is -4.52. The van der Waals surface area contributed by atoms with Crippen LogP contribution in [-0.4, -0.2) is 31.5 Å². The van der Waals surface area contributed by atoms with Crippen LogP contribution >= 0.6 is 0 Å². The van der Waals surface area contributed by atoms with Crippen molar-refractivity contribution >= 4 is 39.4 Å². The fourth-order valence-electron chi connectivity index (χ4n) is 5.37. The Kier molecular flexibility index (Phi) is 5.88. The van der Waals surface area contributed by atoms with Crippen LogP contribution in [0.2, 0.25) is 0 Å². The van der Waals surface area contributed by atoms with E-state index in [1.54, 1.807) is 30.6 Å². The van der Waals surface area contributed by atoms with Crippen LogP contribution < -0.4 is 5.32 Å². The number of nitrogens with zero attached hydrogens (tertiary/aromatic N) is 3. The molecule has 0 aliphatic heterocycles. The van der Waals surface area contributed by atoms with Gasteiger partial charge in [-0.1, -0.05) is 43.5 Å². The number of imidazole rings is 1. The summed E-state index contributed by atoms with van der Waals surface area (Å²) in [5.41, 5.74) is 3.87. The van der Waals surface area contributed by atoms with Crippen LogP contribution in [-0.2, 0) is 0 Å². The minimum absolute atomic E-state index is 0.209. The van der Waals surface area contributed by atoms with E-state index in [1.807, 2.05) is 48.5 Å². The molecule has 0 bridgehead atoms. The molecule has 0 saturated heterocycles. The number of hydrogen-bond donors (Lipinski definition) is 2. The SMILES string of the molecule is O=C(O)c1ccc2c(c1)nc(-c1cccc(C(=O)Nc3cccc4cnccc34)c1)n2C1CCCCC1. The maximum absolute atomic E-state index is 13.3. The molecule has 1 saturated carbocycles. The second kappa shape index (κ2) is 9.50. The molecule has 2 N–H and O–H groups in total. The number of hydrogen-bond acceptors (Lipinski definition) is 4. The second-order valence-corrected chi connectivity index (χ2v) is 9.54. The van der Waals surface area contributed by atoms with Crippen LogP contribution in [0.3, 0.4) is 0 Å². The molecule has 0 spiro atoms. The predicted octanol–water partition coefficient (Wildman–Crippen LogP) is 6.71. The van der Waals surface area contributed by atoms with Gasteiger partial charge in [-0.25, -0.2) is 9.78 Å². The average Bonchev–Trinajstić information content (AvgIpc) is 3.33. The van der Waals surface area contributed by atoms with E-state index in [2.05, 4.69) is 14.9 Å². The number of anilines is 1. The summed E-state index contributed by atoms with van der Waals surface area (Å²) in [6.07, 6.45) is 9.12. The van der Waals surface area contributed by atoms with Gasteiger partial charge in [-0.05, 0) is 55.3 Å². The zero-order chi connectivity index (χ0) is 25.4. The molecule has 6 rings (SSSR count). The van der Waals surface area contributed by atoms with Crippen molar-refractivity contribution in [1.82, 2.24) is 14.5 Å². The fourth-order valence-corrected chi connectivity index (χ4v) is 5.37. The number of carboxylic acid groups (broad SMARTS) is 1. The van der Waals surface area contributed by atoms with Crippen LogP contribution in [0.15, 0.2) is 79.1 Å². The third-order valence-electron chi connectivity index (χ3n) is 7.19. The standard InChI is InChI=1S/C30H26N4O3/c35-29(33-25-11-5-8-22-18-31-15-14-24(22)25)20-7-4-6-19(16-20)28-32-26-17-21(30(36)37)12-13-27(26)34(28)23-9-2-1-3-10-23/h4-8,11-18,23H,1-3,9-10H2,(H,33,35)(H,36,37). The molecule has 7 heteroatoms. The molecule has 0 unspecified atom stereocenters. The minimum atomic E-state index is -0.974. The molecule has 1 aliphatic carbocycles. The van der Waals surface area contributed by atoms with Crippen molar-refractivity contribution in [3.63, 3.8) is 0 Å². The van der Waals surface area contributed by atoms with E-state index in [1.165, 1.54) is 6.42 Å². The lowest BCUT2D eigenvalue weighted by Gasteiger charge is -2.25. The number of fused-ring (bicyclic) bond motifs is 2. The Balaban J connectivity index is 1.40. The fraction of sp³-hybridized carbons (Fsp3) is 0.200. The first kappa shape index (κ1) is 22.9. The van der Waals surface area contributed by atoms with Crippen molar-refractivity contribution < 1.29 is 14.7 Å². The highest BCUT2D eigenvalue weighted by Gasteiger charge is 2.23. The van der Waals surface area contributed by atoms with E-state index in [0.717, 1.165) is 59.0 Å². The summed E-state index contributed by atoms with van der Waals surface area (Å²) in [5, 5.41) is 14.4. The summed E-state index contributed by atoms with van der Waals surface area (Å²) in [6.45, 7) is 0. The van der Waals surface area contributed by atoms with Gasteiger partial charge in [0.1, 0.15) is 5.82 Å². The zero-order valence-corrected chi connectivity index (χ0v) is 20.2. The molecule has 2 heterocycles. The van der Waals surface area contributed by atoms with Crippen molar-refractivity contribution in [2.24, 2.45) is 0 Å². The first-order valence-electron chi connectivity index (χ1n) is 12.6. The van der Waals surface area contributed by atoms with Crippen LogP contribution in [0.25, 0.3) is 33.2 Å². The summed E-state index contributed by atoms with van der Waals surface area (Å²) < 4.78 is 2.24. The van der Waals surface area contributed by atoms with Gasteiger partial charge >= 0.3 is 5.97 Å². The zero-order valence-electron chi connectivity index (χ0n) is 20.2. The number of pyridine rings is 1. The number of amides is 1. The Morgan fingerprint density at radius 3 is 2.59 bits per heavy atom. The van der Waals surface area contributed by atoms with Gasteiger partial charge in [0.25, 0.3) is 5.91 Å². The molecule has 5 aromatic rings. The molecule has 0 atom stereocenters. The first-order valence-corrected chi connectivity index (χ1v) is 12.6. The van der Waals surface area contributed by atoms with Gasteiger partial charge in [0.05, 0.1) is 16.6 Å². The van der Waals surface area contributed by atoms with Gasteiger partial charge < -0.3 is 15.0 Å². The molecular weight excluding hydrogens is 464 g/mol. The highest BCUT2D eigenvalue weighted by atomic mass is 16.4. The number of carbonyl (C=O) groups is 2. The van der Waals surface area contributed by atoms with Crippen molar-refractivity contribution in [3.8, 4) is 11.4 Å². The lowest BCUT2D eigenvalue weighted by molar-refractivity contribution is 0.0696. The predicted molar refractivity (Wildman–Crippen MR) is 144 cm³/mol. The van der Waals surface area contributed by atoms with E-state index >= 15 is 0 Å². The van der Waals surface area contributed by atoms with E-state index in [9.17, 15) is 14.7 Å². The van der Waals surface area contributed by atoms with Crippen molar-refractivity contribution in [3.05, 3.63) is 90.3 Å². The van der Waals surface area contributed by atoms with Gasteiger partial charge in [0, 0.05) is 46.0 Å². The third-order valence-corrected chi connectivity index (χ3v) is 7.19. The van der Waals surface area contributed by atoms with Gasteiger partial charge in [-0.15, -0.1) is 0 Å². The quantitative estimate of drug-likeness (QED) is 0.285. The van der Waals surface area contributed by atoms with Crippen molar-refractivity contribution in [1.29, 1.82) is 0 Å². The average molecular weight is 491 g/mol. The van der Waals surface area contributed by atoms with Crippen LogP contribution in [0, 0.1) is 0 Å². The summed E-state index contributed by atoms with van der Waals surface area (Å²) >= 11 is 0. The van der Waals surface area contributed by atoms with E-state index in [4.69, 9.17) is 4.98 Å². The molecule has 1 amide bonds. The summed E-state index contributed by atoms with van der Waals surface area (Å²) in [7, 11) is 0. The number of carboxylic acids is 1. The van der Waals surface area contributed by atoms with Gasteiger partial charge in [0.2, 0.25) is 0 Å². The topological polar surface area (TPSA) is 97.1 Å². The molecule has 2 aromatic heterocycles. The number of benzene rings is 3. The number of carbonyl (C=O) groups excluding carboxylic acids is 1. The number of aromatic carboxylic acids is 1. The van der Waals surface area contributed by atoms with Crippen LogP contribution in [0.1, 0.15) is 58.9 Å². The monoisotopic (exact) mass is 490 g/mol. The van der Waals surface area contributed by atoms with E-state index < -0.39 is 5.97 Å². The van der Waals surface area contributed by atoms with Crippen molar-refractivity contribution in [2.45, 2.75) is 38.1 Å². The maximum atomic E-state index is 13.3. The van der Waals surface area contributed by atoms with Crippen LogP contribution in [0.4, 0.5) is 5.69 Å². The Bertz CT molecular complexity index is 1640. The molecule has 1 fully saturated rings. The van der Waals surface area contributed by atoms with E-state index in [0.29, 0.717) is 11.1 Å². The smallest absolute Gasteiger partial charge is 0.335 e. The normalized spacial score (nSPS) is 14.2. The number of nitrogens with one attached hydrogen (secondary N) is 1. The maximum Gasteiger partial charge on any atom is 0.335 e. The highest BCUT2D eigenvalue weighted by molar-refractivity contribution is 6.09. The number of aromatic nitrogens is 3. The second-order valence-electron chi connectivity index (χ2n) is 9.54. The Labute approximate surface area is 213 Å². The molecule has 1 aliphatic rings. The molecule has 7 nitrogen and oxygen atoms in total. The van der Waals surface area contributed by atoms with Crippen LogP contribution in [0.5, 0.6) is 0 Å². The lowest BCUT2D eigenvalue weighted by Crippen LogP contribution is -2.15. The van der Waals surface area contributed by atoms with Gasteiger partial charge in [-0.2, -0.15) is 0 Å². The minimum Gasteiger partial charge on any atom is -0.478 e. The highest BCUT2D eigenvalue weighted by Crippen LogP contribution is 2.36. The summed E-state index contributed by atoms with van der Waals surface area (Å²) in [5.74, 6) is -0.423. The third kappa shape index (κ3) is 4.33. The molecule has 37 heavy (non-hydrogen) atoms. The number of rotatable bonds is 5. The molecule has 184 valence electrons. The lowest BCUT2D eigenvalue weighted by atomic mass is 9.94. The Morgan fingerprint density at radius 2 is 1.76 bits per heavy atom. The molecule has 3 aromatic carbocycles. The summed E-state index contributed by atoms with van der Waals surface area (Å²) in [6, 6.07) is 20.5. The molecular formula is C30H26N4O3. The molecule has 0 radical (unpaired) electrons. The Morgan fingerprint density at radius 1 is 0.919 bits per heavy atom.